The quantitative estimate of drug-likeness (QED) is 0.207. The van der Waals surface area contributed by atoms with E-state index in [1.807, 2.05) is 56.3 Å². The number of ether oxygens (including phenoxy) is 2. The Morgan fingerprint density at radius 1 is 0.795 bits per heavy atom. The van der Waals surface area contributed by atoms with Crippen molar-refractivity contribution in [2.75, 3.05) is 6.61 Å². The second-order valence-electron chi connectivity index (χ2n) is 9.87. The zero-order chi connectivity index (χ0) is 28.0. The standard InChI is InChI=1S/C32H37NO6/c1-23(2)30(35)17-19-32(37)39-29-15-10-25(11-16-29)20-27(22-38-21-26-6-4-3-5-7-26)33-31(36)18-12-24-8-13-28(34)14-9-24/h3-11,13-16,23,27,34H,12,17-22H2,1-2H3,(H,33,36). The molecule has 7 heteroatoms. The van der Waals surface area contributed by atoms with Crippen LogP contribution >= 0.6 is 0 Å². The van der Waals surface area contributed by atoms with Gasteiger partial charge in [-0.05, 0) is 53.8 Å². The van der Waals surface area contributed by atoms with Crippen molar-refractivity contribution < 1.29 is 29.0 Å². The first-order valence-corrected chi connectivity index (χ1v) is 13.3. The van der Waals surface area contributed by atoms with Gasteiger partial charge in [-0.15, -0.1) is 0 Å². The van der Waals surface area contributed by atoms with Crippen molar-refractivity contribution in [3.05, 3.63) is 95.6 Å². The van der Waals surface area contributed by atoms with Gasteiger partial charge in [0.2, 0.25) is 5.91 Å². The first kappa shape index (κ1) is 29.6. The van der Waals surface area contributed by atoms with Crippen LogP contribution in [0.1, 0.15) is 49.8 Å². The average molecular weight is 532 g/mol. The first-order valence-electron chi connectivity index (χ1n) is 13.3. The Bertz CT molecular complexity index is 1190. The number of aromatic hydroxyl groups is 1. The summed E-state index contributed by atoms with van der Waals surface area (Å²) in [6.07, 6.45) is 1.64. The van der Waals surface area contributed by atoms with E-state index < -0.39 is 5.97 Å². The van der Waals surface area contributed by atoms with Crippen molar-refractivity contribution in [1.82, 2.24) is 5.32 Å². The molecule has 39 heavy (non-hydrogen) atoms. The summed E-state index contributed by atoms with van der Waals surface area (Å²) in [6.45, 7) is 4.39. The van der Waals surface area contributed by atoms with Gasteiger partial charge in [0, 0.05) is 18.8 Å². The number of esters is 1. The molecular formula is C32H37NO6. The van der Waals surface area contributed by atoms with Crippen molar-refractivity contribution in [3.63, 3.8) is 0 Å². The molecule has 0 spiro atoms. The van der Waals surface area contributed by atoms with Crippen LogP contribution in [0.15, 0.2) is 78.9 Å². The number of ketones is 1. The lowest BCUT2D eigenvalue weighted by Crippen LogP contribution is -2.40. The summed E-state index contributed by atoms with van der Waals surface area (Å²) in [7, 11) is 0. The van der Waals surface area contributed by atoms with Gasteiger partial charge >= 0.3 is 5.97 Å². The Labute approximate surface area is 230 Å². The number of benzene rings is 3. The third-order valence-corrected chi connectivity index (χ3v) is 6.23. The first-order chi connectivity index (χ1) is 18.8. The molecule has 1 atom stereocenters. The summed E-state index contributed by atoms with van der Waals surface area (Å²) >= 11 is 0. The van der Waals surface area contributed by atoms with E-state index >= 15 is 0 Å². The molecule has 3 rings (SSSR count). The Hall–Kier alpha value is -3.97. The number of amides is 1. The van der Waals surface area contributed by atoms with Gasteiger partial charge in [0.05, 0.1) is 25.7 Å². The largest absolute Gasteiger partial charge is 0.508 e. The molecule has 0 aliphatic heterocycles. The molecular weight excluding hydrogens is 494 g/mol. The Morgan fingerprint density at radius 2 is 1.46 bits per heavy atom. The summed E-state index contributed by atoms with van der Waals surface area (Å²) in [6, 6.07) is 23.6. The zero-order valence-electron chi connectivity index (χ0n) is 22.6. The van der Waals surface area contributed by atoms with E-state index in [-0.39, 0.29) is 42.2 Å². The number of aryl methyl sites for hydroxylation is 1. The van der Waals surface area contributed by atoms with E-state index in [0.29, 0.717) is 38.2 Å². The van der Waals surface area contributed by atoms with Crippen molar-refractivity contribution >= 4 is 17.7 Å². The Balaban J connectivity index is 1.55. The van der Waals surface area contributed by atoms with Crippen LogP contribution < -0.4 is 10.1 Å². The minimum atomic E-state index is -0.440. The maximum absolute atomic E-state index is 12.7. The minimum Gasteiger partial charge on any atom is -0.508 e. The summed E-state index contributed by atoms with van der Waals surface area (Å²) in [5.41, 5.74) is 2.98. The van der Waals surface area contributed by atoms with E-state index in [2.05, 4.69) is 5.32 Å². The molecule has 3 aromatic carbocycles. The molecule has 1 amide bonds. The summed E-state index contributed by atoms with van der Waals surface area (Å²) in [5.74, 6) is 0.0158. The Kier molecular flexibility index (Phi) is 11.7. The molecule has 0 saturated heterocycles. The van der Waals surface area contributed by atoms with Crippen molar-refractivity contribution in [3.8, 4) is 11.5 Å². The number of phenolic OH excluding ortho intramolecular Hbond substituents is 1. The van der Waals surface area contributed by atoms with Gasteiger partial charge in [0.1, 0.15) is 17.3 Å². The second kappa shape index (κ2) is 15.4. The molecule has 0 aliphatic carbocycles. The monoisotopic (exact) mass is 531 g/mol. The fourth-order valence-corrected chi connectivity index (χ4v) is 3.94. The Morgan fingerprint density at radius 3 is 2.13 bits per heavy atom. The van der Waals surface area contributed by atoms with Gasteiger partial charge in [-0.25, -0.2) is 0 Å². The van der Waals surface area contributed by atoms with E-state index in [9.17, 15) is 19.5 Å². The molecule has 0 heterocycles. The van der Waals surface area contributed by atoms with Crippen LogP contribution in [0.2, 0.25) is 0 Å². The number of Topliss-reactive ketones (excluding diaryl/α,β-unsaturated/α-hetero) is 1. The van der Waals surface area contributed by atoms with E-state index in [0.717, 1.165) is 16.7 Å². The number of hydrogen-bond donors (Lipinski definition) is 2. The fourth-order valence-electron chi connectivity index (χ4n) is 3.94. The summed E-state index contributed by atoms with van der Waals surface area (Å²) in [4.78, 5) is 36.6. The van der Waals surface area contributed by atoms with Crippen LogP contribution in [0.25, 0.3) is 0 Å². The normalized spacial score (nSPS) is 11.7. The van der Waals surface area contributed by atoms with Crippen molar-refractivity contribution in [1.29, 1.82) is 0 Å². The third kappa shape index (κ3) is 11.1. The lowest BCUT2D eigenvalue weighted by Gasteiger charge is -2.19. The molecule has 1 unspecified atom stereocenters. The minimum absolute atomic E-state index is 0.0351. The molecule has 0 radical (unpaired) electrons. The molecule has 0 aromatic heterocycles. The van der Waals surface area contributed by atoms with Gasteiger partial charge in [-0.3, -0.25) is 14.4 Å². The van der Waals surface area contributed by atoms with Crippen LogP contribution in [-0.2, 0) is 38.6 Å². The van der Waals surface area contributed by atoms with Gasteiger partial charge in [0.15, 0.2) is 0 Å². The summed E-state index contributed by atoms with van der Waals surface area (Å²) < 4.78 is 11.3. The van der Waals surface area contributed by atoms with E-state index in [4.69, 9.17) is 9.47 Å². The summed E-state index contributed by atoms with van der Waals surface area (Å²) in [5, 5.41) is 12.5. The number of carbonyl (C=O) groups excluding carboxylic acids is 3. The number of hydrogen-bond acceptors (Lipinski definition) is 6. The van der Waals surface area contributed by atoms with Crippen molar-refractivity contribution in [2.24, 2.45) is 5.92 Å². The predicted molar refractivity (Wildman–Crippen MR) is 149 cm³/mol. The highest BCUT2D eigenvalue weighted by Crippen LogP contribution is 2.16. The average Bonchev–Trinajstić information content (AvgIpc) is 2.93. The molecule has 0 aliphatic rings. The van der Waals surface area contributed by atoms with E-state index in [1.54, 1.807) is 36.4 Å². The van der Waals surface area contributed by atoms with Crippen LogP contribution in [-0.4, -0.2) is 35.4 Å². The molecule has 2 N–H and O–H groups in total. The van der Waals surface area contributed by atoms with Crippen LogP contribution in [0.3, 0.4) is 0 Å². The molecule has 0 fully saturated rings. The molecule has 7 nitrogen and oxygen atoms in total. The van der Waals surface area contributed by atoms with Gasteiger partial charge in [0.25, 0.3) is 0 Å². The second-order valence-corrected chi connectivity index (χ2v) is 9.87. The molecule has 3 aromatic rings. The highest BCUT2D eigenvalue weighted by atomic mass is 16.5. The lowest BCUT2D eigenvalue weighted by molar-refractivity contribution is -0.136. The number of carbonyl (C=O) groups is 3. The molecule has 0 bridgehead atoms. The van der Waals surface area contributed by atoms with Gasteiger partial charge < -0.3 is 19.9 Å². The lowest BCUT2D eigenvalue weighted by atomic mass is 10.0. The number of phenols is 1. The molecule has 0 saturated carbocycles. The smallest absolute Gasteiger partial charge is 0.311 e. The van der Waals surface area contributed by atoms with Crippen LogP contribution in [0.4, 0.5) is 0 Å². The predicted octanol–water partition coefficient (Wildman–Crippen LogP) is 5.18. The zero-order valence-corrected chi connectivity index (χ0v) is 22.6. The van der Waals surface area contributed by atoms with Gasteiger partial charge in [-0.2, -0.15) is 0 Å². The highest BCUT2D eigenvalue weighted by molar-refractivity contribution is 5.84. The van der Waals surface area contributed by atoms with Crippen LogP contribution in [0, 0.1) is 5.92 Å². The van der Waals surface area contributed by atoms with Gasteiger partial charge in [-0.1, -0.05) is 68.4 Å². The third-order valence-electron chi connectivity index (χ3n) is 6.23. The van der Waals surface area contributed by atoms with Crippen molar-refractivity contribution in [2.45, 2.75) is 58.6 Å². The topological polar surface area (TPSA) is 102 Å². The SMILES string of the molecule is CC(C)C(=O)CCC(=O)Oc1ccc(CC(COCc2ccccc2)NC(=O)CCc2ccc(O)cc2)cc1. The highest BCUT2D eigenvalue weighted by Gasteiger charge is 2.15. The molecule has 206 valence electrons. The maximum atomic E-state index is 12.7. The maximum Gasteiger partial charge on any atom is 0.311 e. The number of rotatable bonds is 15. The van der Waals surface area contributed by atoms with Crippen LogP contribution in [0.5, 0.6) is 11.5 Å². The fraction of sp³-hybridized carbons (Fsp3) is 0.344. The van der Waals surface area contributed by atoms with E-state index in [1.165, 1.54) is 0 Å². The number of nitrogens with one attached hydrogen (secondary N) is 1.